The van der Waals surface area contributed by atoms with Crippen molar-refractivity contribution in [3.8, 4) is 0 Å². The van der Waals surface area contributed by atoms with Crippen LogP contribution in [-0.4, -0.2) is 186 Å². The summed E-state index contributed by atoms with van der Waals surface area (Å²) < 4.78 is 39.6. The third kappa shape index (κ3) is 37.6. The molecular formula is C58H107N9O17. The van der Waals surface area contributed by atoms with E-state index >= 15 is 0 Å². The van der Waals surface area contributed by atoms with Gasteiger partial charge in [-0.15, -0.1) is 0 Å². The van der Waals surface area contributed by atoms with E-state index in [0.29, 0.717) is 6.42 Å². The summed E-state index contributed by atoms with van der Waals surface area (Å²) in [5.74, 6) is -6.23. The summed E-state index contributed by atoms with van der Waals surface area (Å²) in [6.07, 6.45) is -1.85. The summed E-state index contributed by atoms with van der Waals surface area (Å²) >= 11 is 0. The Morgan fingerprint density at radius 3 is 1.21 bits per heavy atom. The van der Waals surface area contributed by atoms with Crippen molar-refractivity contribution in [2.45, 2.75) is 265 Å². The predicted molar refractivity (Wildman–Crippen MR) is 316 cm³/mol. The van der Waals surface area contributed by atoms with E-state index in [4.69, 9.17) is 38.9 Å². The minimum Gasteiger partial charge on any atom is -0.460 e. The number of ether oxygens (including phenoxy) is 7. The summed E-state index contributed by atoms with van der Waals surface area (Å²) in [4.78, 5) is 124. The first-order valence-corrected chi connectivity index (χ1v) is 28.8. The van der Waals surface area contributed by atoms with E-state index in [2.05, 4.69) is 49.1 Å². The van der Waals surface area contributed by atoms with Gasteiger partial charge >= 0.3 is 18.2 Å². The highest BCUT2D eigenvalue weighted by Crippen LogP contribution is 2.17. The Balaban J connectivity index is 7.49. The largest absolute Gasteiger partial charge is 0.460 e. The molecule has 0 aliphatic rings. The number of alkyl carbamates (subject to hydrolysis) is 2. The Hall–Kier alpha value is -5.67. The molecule has 0 spiro atoms. The molecule has 0 bridgehead atoms. The fourth-order valence-corrected chi connectivity index (χ4v) is 7.16. The molecule has 0 aliphatic heterocycles. The predicted octanol–water partition coefficient (Wildman–Crippen LogP) is 3.37. The van der Waals surface area contributed by atoms with Gasteiger partial charge in [-0.2, -0.15) is 0 Å². The van der Waals surface area contributed by atoms with E-state index < -0.39 is 148 Å². The number of carbonyl (C=O) groups excluding carboxylic acids is 9. The number of hydrogen-bond donors (Lipinski definition) is 10. The Labute approximate surface area is 499 Å². The van der Waals surface area contributed by atoms with Crippen molar-refractivity contribution in [3.63, 3.8) is 0 Å². The third-order valence-electron chi connectivity index (χ3n) is 11.1. The first-order chi connectivity index (χ1) is 38.2. The van der Waals surface area contributed by atoms with E-state index in [-0.39, 0.29) is 65.0 Å². The number of aliphatic hydroxyl groups excluding tert-OH is 1. The summed E-state index contributed by atoms with van der Waals surface area (Å²) in [7, 11) is 0. The molecular weight excluding hydrogens is 1090 g/mol. The van der Waals surface area contributed by atoms with E-state index in [1.165, 1.54) is 19.9 Å². The molecule has 26 nitrogen and oxygen atoms in total. The summed E-state index contributed by atoms with van der Waals surface area (Å²) in [6.45, 7) is 36.5. The average molecular weight is 1200 g/mol. The number of unbranched alkanes of at least 4 members (excludes halogenated alkanes) is 2. The molecule has 0 saturated heterocycles. The van der Waals surface area contributed by atoms with Crippen molar-refractivity contribution in [2.24, 2.45) is 5.73 Å². The lowest BCUT2D eigenvalue weighted by Gasteiger charge is -2.33. The number of esters is 1. The van der Waals surface area contributed by atoms with Crippen molar-refractivity contribution in [3.05, 3.63) is 12.7 Å². The number of aliphatic hydroxyl groups is 1. The Morgan fingerprint density at radius 2 is 0.821 bits per heavy atom. The van der Waals surface area contributed by atoms with Gasteiger partial charge in [0.1, 0.15) is 54.1 Å². The molecule has 84 heavy (non-hydrogen) atoms. The fourth-order valence-electron chi connectivity index (χ4n) is 7.16. The Bertz CT molecular complexity index is 2120. The Kier molecular flexibility index (Phi) is 33.3. The lowest BCUT2D eigenvalue weighted by molar-refractivity contribution is -0.150. The van der Waals surface area contributed by atoms with Gasteiger partial charge in [-0.1, -0.05) is 12.7 Å². The molecule has 486 valence electrons. The van der Waals surface area contributed by atoms with Gasteiger partial charge in [-0.3, -0.25) is 28.8 Å². The molecule has 0 unspecified atom stereocenters. The van der Waals surface area contributed by atoms with Gasteiger partial charge in [-0.05, 0) is 177 Å². The smallest absolute Gasteiger partial charge is 0.407 e. The van der Waals surface area contributed by atoms with Crippen LogP contribution in [0.3, 0.4) is 0 Å². The molecule has 26 heteroatoms. The number of amides is 8. The number of nitrogens with one attached hydrogen (secondary N) is 8. The van der Waals surface area contributed by atoms with Crippen LogP contribution in [0.15, 0.2) is 12.7 Å². The van der Waals surface area contributed by atoms with Crippen LogP contribution in [0.25, 0.3) is 0 Å². The van der Waals surface area contributed by atoms with Crippen LogP contribution in [0.1, 0.15) is 177 Å². The van der Waals surface area contributed by atoms with E-state index in [1.54, 1.807) is 125 Å². The molecule has 11 N–H and O–H groups in total. The maximum absolute atomic E-state index is 14.9. The molecule has 0 rings (SSSR count). The topological polar surface area (TPSA) is 361 Å². The van der Waals surface area contributed by atoms with Gasteiger partial charge in [0.05, 0.1) is 54.4 Å². The van der Waals surface area contributed by atoms with Crippen molar-refractivity contribution in [1.82, 2.24) is 42.5 Å². The number of rotatable bonds is 34. The van der Waals surface area contributed by atoms with Gasteiger partial charge in [0.15, 0.2) is 6.04 Å². The minimum atomic E-state index is -1.60. The van der Waals surface area contributed by atoms with Crippen molar-refractivity contribution in [1.29, 1.82) is 0 Å². The highest BCUT2D eigenvalue weighted by atomic mass is 16.6. The normalized spacial score (nSPS) is 15.6. The first kappa shape index (κ1) is 78.3. The van der Waals surface area contributed by atoms with Gasteiger partial charge in [0, 0.05) is 13.1 Å². The van der Waals surface area contributed by atoms with Crippen molar-refractivity contribution in [2.75, 3.05) is 39.5 Å². The maximum Gasteiger partial charge on any atom is 0.407 e. The van der Waals surface area contributed by atoms with Crippen LogP contribution in [0.2, 0.25) is 0 Å². The van der Waals surface area contributed by atoms with Gasteiger partial charge in [0.25, 0.3) is 0 Å². The zero-order valence-electron chi connectivity index (χ0n) is 54.0. The SMILES string of the molecule is C=CCOC(=O)[C@@H](NC(=O)[C@H](CCCCNC(=O)OC(C)(C)C)NC(=O)[C@H](CCCCNC(=O)OC(C)(C)C)NC(=O)[C@@H](NC(=O)[C@H](COC(C)(C)C)NC(=O)[C@H](COC(C)(C)C)NC(=O)[C@@H](N)COC(C)(C)C)[C@@H](C)OC(C)(C)C)[C@@H](C)O. The van der Waals surface area contributed by atoms with Crippen LogP contribution in [0, 0.1) is 0 Å². The molecule has 0 aromatic rings. The second kappa shape index (κ2) is 35.7. The molecule has 0 aromatic carbocycles. The second-order valence-corrected chi connectivity index (χ2v) is 26.5. The minimum absolute atomic E-state index is 0.0769. The van der Waals surface area contributed by atoms with Gasteiger partial charge < -0.3 is 86.5 Å². The summed E-state index contributed by atoms with van der Waals surface area (Å²) in [6, 6.07) is -10.2. The van der Waals surface area contributed by atoms with Crippen LogP contribution in [0.5, 0.6) is 0 Å². The molecule has 0 aliphatic carbocycles. The fraction of sp³-hybridized carbons (Fsp3) is 0.810. The molecule has 0 saturated carbocycles. The zero-order chi connectivity index (χ0) is 65.2. The lowest BCUT2D eigenvalue weighted by Crippen LogP contribution is -2.63. The van der Waals surface area contributed by atoms with Crippen LogP contribution >= 0.6 is 0 Å². The van der Waals surface area contributed by atoms with Crippen LogP contribution in [-0.2, 0) is 66.7 Å². The Morgan fingerprint density at radius 1 is 0.464 bits per heavy atom. The van der Waals surface area contributed by atoms with Crippen molar-refractivity contribution < 1.29 is 81.4 Å². The standard InChI is InChI=1S/C58H107N9O17/c1-22-31-78-50(75)42(35(2)68)66-46(71)39(28-24-26-30-61-52(77)84-58(19,20)21)62-45(70)38(27-23-25-29-60-51(76)83-57(16,17)18)63-49(74)43(36(3)82-56(13,14)15)67-48(73)41(34-81-55(10,11)12)65-47(72)40(33-80-54(7,8)9)64-44(69)37(59)32-79-53(4,5)6/h22,35-43,68H,1,23-34,59H2,2-21H3,(H,60,76)(H,61,77)(H,62,70)(H,63,74)(H,64,69)(H,65,72)(H,66,71)(H,67,73)/t35-,36-,37+,38+,39+,40+,41+,42+,43+/m1/s1. The highest BCUT2D eigenvalue weighted by molar-refractivity contribution is 5.97. The van der Waals surface area contributed by atoms with Gasteiger partial charge in [0.2, 0.25) is 35.4 Å². The maximum atomic E-state index is 14.9. The summed E-state index contributed by atoms with van der Waals surface area (Å²) in [5, 5.41) is 31.7. The quantitative estimate of drug-likeness (QED) is 0.0191. The van der Waals surface area contributed by atoms with Crippen molar-refractivity contribution >= 4 is 53.6 Å². The molecule has 0 radical (unpaired) electrons. The molecule has 9 atom stereocenters. The van der Waals surface area contributed by atoms with Gasteiger partial charge in [-0.25, -0.2) is 14.4 Å². The van der Waals surface area contributed by atoms with Crippen LogP contribution in [0.4, 0.5) is 9.59 Å². The molecule has 0 heterocycles. The average Bonchev–Trinajstić information content (AvgIpc) is 3.37. The molecule has 0 fully saturated rings. The van der Waals surface area contributed by atoms with E-state index in [9.17, 15) is 48.3 Å². The monoisotopic (exact) mass is 1200 g/mol. The number of nitrogens with two attached hydrogens (primary N) is 1. The lowest BCUT2D eigenvalue weighted by atomic mass is 10.0. The zero-order valence-corrected chi connectivity index (χ0v) is 54.0. The number of carbonyl (C=O) groups is 9. The third-order valence-corrected chi connectivity index (χ3v) is 11.1. The summed E-state index contributed by atoms with van der Waals surface area (Å²) in [5.41, 5.74) is 1.46. The van der Waals surface area contributed by atoms with E-state index in [1.807, 2.05) is 0 Å². The second-order valence-electron chi connectivity index (χ2n) is 26.5. The first-order valence-electron chi connectivity index (χ1n) is 28.8. The molecule has 8 amide bonds. The van der Waals surface area contributed by atoms with Crippen LogP contribution < -0.4 is 48.3 Å². The highest BCUT2D eigenvalue weighted by Gasteiger charge is 2.38. The van der Waals surface area contributed by atoms with E-state index in [0.717, 1.165) is 0 Å². The number of hydrogen-bond acceptors (Lipinski definition) is 18. The molecule has 0 aromatic heterocycles.